The maximum Gasteiger partial charge on any atom is 0.254 e. The van der Waals surface area contributed by atoms with Gasteiger partial charge >= 0.3 is 0 Å². The number of carbonyl (C=O) groups excluding carboxylic acids is 2. The van der Waals surface area contributed by atoms with Crippen LogP contribution in [-0.4, -0.2) is 87.2 Å². The van der Waals surface area contributed by atoms with E-state index in [9.17, 15) is 9.59 Å². The summed E-state index contributed by atoms with van der Waals surface area (Å²) in [6.07, 6.45) is 2.78. The van der Waals surface area contributed by atoms with Crippen LogP contribution >= 0.6 is 0 Å². The van der Waals surface area contributed by atoms with E-state index < -0.39 is 0 Å². The predicted molar refractivity (Wildman–Crippen MR) is 133 cm³/mol. The maximum absolute atomic E-state index is 13.0. The summed E-state index contributed by atoms with van der Waals surface area (Å²) >= 11 is 0. The minimum atomic E-state index is -0.0732. The first-order valence-corrected chi connectivity index (χ1v) is 12.4. The normalized spacial score (nSPS) is 21.1. The molecule has 0 bridgehead atoms. The topological polar surface area (TPSA) is 65.1 Å². The van der Waals surface area contributed by atoms with Gasteiger partial charge in [0.25, 0.3) is 11.8 Å². The van der Waals surface area contributed by atoms with Crippen LogP contribution in [0.1, 0.15) is 38.3 Å². The highest BCUT2D eigenvalue weighted by Gasteiger charge is 2.26. The lowest BCUT2D eigenvalue weighted by Crippen LogP contribution is -2.45. The lowest BCUT2D eigenvalue weighted by Gasteiger charge is -2.37. The van der Waals surface area contributed by atoms with Crippen LogP contribution < -0.4 is 10.2 Å². The van der Waals surface area contributed by atoms with E-state index in [1.807, 2.05) is 0 Å². The second kappa shape index (κ2) is 10.2. The Morgan fingerprint density at radius 1 is 0.912 bits per heavy atom. The second-order valence-electron chi connectivity index (χ2n) is 9.60. The number of piperazine rings is 1. The third-order valence-corrected chi connectivity index (χ3v) is 7.33. The van der Waals surface area contributed by atoms with Gasteiger partial charge in [0.15, 0.2) is 0 Å². The smallest absolute Gasteiger partial charge is 0.254 e. The Morgan fingerprint density at radius 3 is 2.35 bits per heavy atom. The zero-order valence-electron chi connectivity index (χ0n) is 20.0. The Balaban J connectivity index is 1.23. The van der Waals surface area contributed by atoms with Gasteiger partial charge in [-0.05, 0) is 67.8 Å². The molecule has 1 atom stereocenters. The molecular formula is C27H34N4O3. The fourth-order valence-corrected chi connectivity index (χ4v) is 5.22. The number of benzene rings is 2. The maximum atomic E-state index is 13.0. The molecule has 0 spiro atoms. The summed E-state index contributed by atoms with van der Waals surface area (Å²) in [5, 5.41) is 3.25. The summed E-state index contributed by atoms with van der Waals surface area (Å²) in [5.74, 6) is -0.0773. The fourth-order valence-electron chi connectivity index (χ4n) is 5.22. The van der Waals surface area contributed by atoms with E-state index in [4.69, 9.17) is 4.74 Å². The molecular weight excluding hydrogens is 428 g/mol. The molecule has 2 fully saturated rings. The SMILES string of the molecule is CN1CCN(c2cccc3c2C[C@H](NC(=O)c2ccc(C(=O)N4CCOCC4)cc2)CC3)CC1. The van der Waals surface area contributed by atoms with Crippen LogP contribution in [0.25, 0.3) is 0 Å². The van der Waals surface area contributed by atoms with Gasteiger partial charge in [0.05, 0.1) is 13.2 Å². The van der Waals surface area contributed by atoms with Crippen LogP contribution in [0.2, 0.25) is 0 Å². The fraction of sp³-hybridized carbons (Fsp3) is 0.481. The number of ether oxygens (including phenoxy) is 1. The molecule has 0 saturated carbocycles. The molecule has 7 heteroatoms. The molecule has 3 aliphatic rings. The van der Waals surface area contributed by atoms with Gasteiger partial charge in [-0.25, -0.2) is 0 Å². The van der Waals surface area contributed by atoms with Crippen molar-refractivity contribution in [2.45, 2.75) is 25.3 Å². The van der Waals surface area contributed by atoms with Crippen molar-refractivity contribution in [2.75, 3.05) is 64.4 Å². The molecule has 1 N–H and O–H groups in total. The molecule has 180 valence electrons. The Kier molecular flexibility index (Phi) is 6.83. The van der Waals surface area contributed by atoms with E-state index >= 15 is 0 Å². The van der Waals surface area contributed by atoms with E-state index in [1.54, 1.807) is 29.2 Å². The van der Waals surface area contributed by atoms with E-state index in [0.29, 0.717) is 37.4 Å². The summed E-state index contributed by atoms with van der Waals surface area (Å²) < 4.78 is 5.33. The molecule has 2 aromatic rings. The molecule has 34 heavy (non-hydrogen) atoms. The number of anilines is 1. The van der Waals surface area contributed by atoms with Crippen LogP contribution in [0.15, 0.2) is 42.5 Å². The van der Waals surface area contributed by atoms with Crippen molar-refractivity contribution in [3.05, 3.63) is 64.7 Å². The Bertz CT molecular complexity index is 1020. The quantitative estimate of drug-likeness (QED) is 0.755. The van der Waals surface area contributed by atoms with Crippen molar-refractivity contribution in [1.29, 1.82) is 0 Å². The number of nitrogens with one attached hydrogen (secondary N) is 1. The number of hydrogen-bond acceptors (Lipinski definition) is 5. The lowest BCUT2D eigenvalue weighted by atomic mass is 9.86. The van der Waals surface area contributed by atoms with Gasteiger partial charge in [-0.2, -0.15) is 0 Å². The van der Waals surface area contributed by atoms with Crippen LogP contribution in [0.3, 0.4) is 0 Å². The first-order valence-electron chi connectivity index (χ1n) is 12.4. The largest absolute Gasteiger partial charge is 0.378 e. The van der Waals surface area contributed by atoms with Crippen molar-refractivity contribution in [3.8, 4) is 0 Å². The van der Waals surface area contributed by atoms with E-state index in [-0.39, 0.29) is 17.9 Å². The Morgan fingerprint density at radius 2 is 1.62 bits per heavy atom. The zero-order valence-corrected chi connectivity index (χ0v) is 20.0. The van der Waals surface area contributed by atoms with Crippen LogP contribution in [0, 0.1) is 0 Å². The number of fused-ring (bicyclic) bond motifs is 1. The highest BCUT2D eigenvalue weighted by molar-refractivity contribution is 5.98. The number of likely N-dealkylation sites (N-methyl/N-ethyl adjacent to an activating group) is 1. The monoisotopic (exact) mass is 462 g/mol. The minimum Gasteiger partial charge on any atom is -0.378 e. The molecule has 2 saturated heterocycles. The molecule has 0 radical (unpaired) electrons. The minimum absolute atomic E-state index is 0.00409. The summed E-state index contributed by atoms with van der Waals surface area (Å²) in [7, 11) is 2.18. The Labute approximate surface area is 201 Å². The summed E-state index contributed by atoms with van der Waals surface area (Å²) in [4.78, 5) is 32.3. The molecule has 1 aliphatic carbocycles. The number of amides is 2. The molecule has 7 nitrogen and oxygen atoms in total. The third-order valence-electron chi connectivity index (χ3n) is 7.33. The zero-order chi connectivity index (χ0) is 23.5. The summed E-state index contributed by atoms with van der Waals surface area (Å²) in [5.41, 5.74) is 5.33. The number of morpholine rings is 1. The molecule has 2 amide bonds. The van der Waals surface area contributed by atoms with E-state index in [2.05, 4.69) is 40.4 Å². The van der Waals surface area contributed by atoms with Crippen LogP contribution in [0.5, 0.6) is 0 Å². The van der Waals surface area contributed by atoms with E-state index in [1.165, 1.54) is 16.8 Å². The number of rotatable bonds is 4. The highest BCUT2D eigenvalue weighted by Crippen LogP contribution is 2.31. The van der Waals surface area contributed by atoms with Gasteiger partial charge in [-0.3, -0.25) is 9.59 Å². The lowest BCUT2D eigenvalue weighted by molar-refractivity contribution is 0.0303. The first-order chi connectivity index (χ1) is 16.6. The number of hydrogen-bond donors (Lipinski definition) is 1. The van der Waals surface area contributed by atoms with Crippen LogP contribution in [0.4, 0.5) is 5.69 Å². The average molecular weight is 463 g/mol. The molecule has 2 heterocycles. The van der Waals surface area contributed by atoms with Gasteiger partial charge in [-0.1, -0.05) is 12.1 Å². The van der Waals surface area contributed by atoms with Gasteiger partial charge in [0.1, 0.15) is 0 Å². The molecule has 2 aromatic carbocycles. The second-order valence-corrected chi connectivity index (χ2v) is 9.60. The van der Waals surface area contributed by atoms with Gasteiger partial charge in [-0.15, -0.1) is 0 Å². The van der Waals surface area contributed by atoms with Gasteiger partial charge in [0, 0.05) is 62.1 Å². The van der Waals surface area contributed by atoms with Crippen molar-refractivity contribution in [1.82, 2.24) is 15.1 Å². The summed E-state index contributed by atoms with van der Waals surface area (Å²) in [6.45, 7) is 6.61. The van der Waals surface area contributed by atoms with Crippen molar-refractivity contribution in [3.63, 3.8) is 0 Å². The highest BCUT2D eigenvalue weighted by atomic mass is 16.5. The van der Waals surface area contributed by atoms with Crippen molar-refractivity contribution >= 4 is 17.5 Å². The van der Waals surface area contributed by atoms with Crippen molar-refractivity contribution in [2.24, 2.45) is 0 Å². The Hall–Kier alpha value is -2.90. The molecule has 0 unspecified atom stereocenters. The number of carbonyl (C=O) groups is 2. The first kappa shape index (κ1) is 22.9. The number of nitrogens with zero attached hydrogens (tertiary/aromatic N) is 3. The van der Waals surface area contributed by atoms with E-state index in [0.717, 1.165) is 45.4 Å². The standard InChI is InChI=1S/C27H34N4O3/c1-29-11-13-30(14-12-29)25-4-2-3-20-9-10-23(19-24(20)25)28-26(32)21-5-7-22(8-6-21)27(33)31-15-17-34-18-16-31/h2-8,23H,9-19H2,1H3,(H,28,32)/t23-/m1/s1. The molecule has 5 rings (SSSR count). The van der Waals surface area contributed by atoms with Crippen molar-refractivity contribution < 1.29 is 14.3 Å². The third kappa shape index (κ3) is 4.95. The molecule has 2 aliphatic heterocycles. The van der Waals surface area contributed by atoms with Gasteiger partial charge in [0.2, 0.25) is 0 Å². The molecule has 0 aromatic heterocycles. The predicted octanol–water partition coefficient (Wildman–Crippen LogP) is 2.20. The van der Waals surface area contributed by atoms with Crippen LogP contribution in [-0.2, 0) is 17.6 Å². The summed E-state index contributed by atoms with van der Waals surface area (Å²) in [6, 6.07) is 13.8. The number of aryl methyl sites for hydroxylation is 1. The van der Waals surface area contributed by atoms with Gasteiger partial charge < -0.3 is 24.8 Å². The average Bonchev–Trinajstić information content (AvgIpc) is 2.89.